The van der Waals surface area contributed by atoms with Gasteiger partial charge in [-0.05, 0) is 42.8 Å². The first-order valence-corrected chi connectivity index (χ1v) is 8.07. The zero-order valence-electron chi connectivity index (χ0n) is 9.99. The third-order valence-corrected chi connectivity index (χ3v) is 4.57. The van der Waals surface area contributed by atoms with Gasteiger partial charge in [0, 0.05) is 29.0 Å². The van der Waals surface area contributed by atoms with Crippen molar-refractivity contribution in [2.45, 2.75) is 12.8 Å². The number of nitrogens with two attached hydrogens (primary N) is 1. The smallest absolute Gasteiger partial charge is 0.0410 e. The highest BCUT2D eigenvalue weighted by Crippen LogP contribution is 2.27. The Labute approximate surface area is 116 Å². The summed E-state index contributed by atoms with van der Waals surface area (Å²) in [6, 6.07) is 6.55. The van der Waals surface area contributed by atoms with Crippen molar-refractivity contribution in [2.75, 3.05) is 36.0 Å². The molecular weight excluding hydrogens is 296 g/mol. The normalized spacial score (nSPS) is 16.9. The van der Waals surface area contributed by atoms with E-state index in [9.17, 15) is 0 Å². The lowest BCUT2D eigenvalue weighted by Crippen LogP contribution is -2.27. The Hall–Kier alpha value is -0.190. The summed E-state index contributed by atoms with van der Waals surface area (Å²) in [5.41, 5.74) is 8.44. The van der Waals surface area contributed by atoms with Gasteiger partial charge in [0.1, 0.15) is 0 Å². The molecule has 0 atom stereocenters. The highest BCUT2D eigenvalue weighted by Gasteiger charge is 2.13. The molecule has 0 amide bonds. The molecule has 0 saturated carbocycles. The fraction of sp³-hybridized carbons (Fsp3) is 0.538. The Morgan fingerprint density at radius 1 is 1.29 bits per heavy atom. The summed E-state index contributed by atoms with van der Waals surface area (Å²) in [5.74, 6) is 2.52. The Balaban J connectivity index is 2.23. The third kappa shape index (κ3) is 3.63. The van der Waals surface area contributed by atoms with Gasteiger partial charge in [-0.15, -0.1) is 0 Å². The molecule has 0 unspecified atom stereocenters. The lowest BCUT2D eigenvalue weighted by Gasteiger charge is -2.25. The van der Waals surface area contributed by atoms with E-state index in [1.807, 2.05) is 0 Å². The van der Waals surface area contributed by atoms with E-state index in [2.05, 4.69) is 50.8 Å². The molecule has 1 aromatic carbocycles. The molecule has 0 bridgehead atoms. The highest BCUT2D eigenvalue weighted by atomic mass is 79.9. The first kappa shape index (κ1) is 13.2. The van der Waals surface area contributed by atoms with Crippen molar-refractivity contribution in [3.63, 3.8) is 0 Å². The minimum absolute atomic E-state index is 0.719. The first-order chi connectivity index (χ1) is 8.31. The zero-order chi connectivity index (χ0) is 12.1. The fourth-order valence-electron chi connectivity index (χ4n) is 2.19. The minimum Gasteiger partial charge on any atom is -0.370 e. The Morgan fingerprint density at radius 2 is 2.18 bits per heavy atom. The Morgan fingerprint density at radius 3 is 3.00 bits per heavy atom. The van der Waals surface area contributed by atoms with Gasteiger partial charge in [-0.3, -0.25) is 0 Å². The second kappa shape index (κ2) is 6.66. The molecule has 0 spiro atoms. The predicted molar refractivity (Wildman–Crippen MR) is 81.1 cm³/mol. The molecule has 0 aromatic heterocycles. The van der Waals surface area contributed by atoms with Crippen molar-refractivity contribution in [1.82, 2.24) is 0 Å². The third-order valence-electron chi connectivity index (χ3n) is 3.02. The van der Waals surface area contributed by atoms with Crippen LogP contribution in [0.2, 0.25) is 0 Å². The van der Waals surface area contributed by atoms with Crippen LogP contribution in [-0.4, -0.2) is 31.1 Å². The molecule has 1 aromatic rings. The molecule has 1 aliphatic rings. The van der Waals surface area contributed by atoms with E-state index >= 15 is 0 Å². The van der Waals surface area contributed by atoms with Gasteiger partial charge < -0.3 is 10.6 Å². The Bertz CT molecular complexity index is 362. The van der Waals surface area contributed by atoms with Gasteiger partial charge in [0.2, 0.25) is 0 Å². The summed E-state index contributed by atoms with van der Waals surface area (Å²) < 4.78 is 1.16. The molecule has 0 radical (unpaired) electrons. The maximum Gasteiger partial charge on any atom is 0.0410 e. The van der Waals surface area contributed by atoms with Crippen LogP contribution in [0.3, 0.4) is 0 Å². The molecule has 0 aliphatic carbocycles. The van der Waals surface area contributed by atoms with Crippen LogP contribution in [0.15, 0.2) is 22.7 Å². The lowest BCUT2D eigenvalue weighted by molar-refractivity contribution is 0.805. The van der Waals surface area contributed by atoms with Gasteiger partial charge in [0.25, 0.3) is 0 Å². The molecular formula is C13H19BrN2S. The molecule has 1 saturated heterocycles. The van der Waals surface area contributed by atoms with Crippen LogP contribution in [0, 0.1) is 0 Å². The Kier molecular flexibility index (Phi) is 5.19. The average molecular weight is 315 g/mol. The van der Waals surface area contributed by atoms with Gasteiger partial charge in [0.05, 0.1) is 0 Å². The number of thioether (sulfide) groups is 1. The van der Waals surface area contributed by atoms with Crippen LogP contribution in [0.4, 0.5) is 5.69 Å². The number of hydrogen-bond donors (Lipinski definition) is 1. The standard InChI is InChI=1S/C13H19BrN2S/c14-12-3-2-11(4-5-15)13(10-12)16-6-1-8-17-9-7-16/h2-3,10H,1,4-9,15H2. The van der Waals surface area contributed by atoms with E-state index in [1.54, 1.807) is 0 Å². The molecule has 1 heterocycles. The molecule has 2 nitrogen and oxygen atoms in total. The first-order valence-electron chi connectivity index (χ1n) is 6.12. The van der Waals surface area contributed by atoms with Crippen molar-refractivity contribution in [1.29, 1.82) is 0 Å². The number of halogens is 1. The SMILES string of the molecule is NCCc1ccc(Br)cc1N1CCCSCC1. The maximum atomic E-state index is 5.69. The molecule has 1 fully saturated rings. The van der Waals surface area contributed by atoms with Crippen molar-refractivity contribution in [2.24, 2.45) is 5.73 Å². The van der Waals surface area contributed by atoms with Crippen LogP contribution in [-0.2, 0) is 6.42 Å². The summed E-state index contributed by atoms with van der Waals surface area (Å²) >= 11 is 5.63. The van der Waals surface area contributed by atoms with E-state index in [1.165, 1.54) is 35.7 Å². The van der Waals surface area contributed by atoms with Crippen molar-refractivity contribution in [3.8, 4) is 0 Å². The number of nitrogens with zero attached hydrogens (tertiary/aromatic N) is 1. The molecule has 1 aliphatic heterocycles. The van der Waals surface area contributed by atoms with Crippen molar-refractivity contribution >= 4 is 33.4 Å². The van der Waals surface area contributed by atoms with Gasteiger partial charge in [-0.2, -0.15) is 11.8 Å². The van der Waals surface area contributed by atoms with Crippen LogP contribution in [0.5, 0.6) is 0 Å². The van der Waals surface area contributed by atoms with E-state index in [0.29, 0.717) is 0 Å². The largest absolute Gasteiger partial charge is 0.370 e. The maximum absolute atomic E-state index is 5.69. The van der Waals surface area contributed by atoms with E-state index < -0.39 is 0 Å². The minimum atomic E-state index is 0.719. The van der Waals surface area contributed by atoms with E-state index in [-0.39, 0.29) is 0 Å². The van der Waals surface area contributed by atoms with Crippen LogP contribution >= 0.6 is 27.7 Å². The summed E-state index contributed by atoms with van der Waals surface area (Å²) in [4.78, 5) is 2.51. The summed E-state index contributed by atoms with van der Waals surface area (Å²) in [7, 11) is 0. The summed E-state index contributed by atoms with van der Waals surface area (Å²) in [6.45, 7) is 3.04. The average Bonchev–Trinajstić information content (AvgIpc) is 2.60. The number of hydrogen-bond acceptors (Lipinski definition) is 3. The van der Waals surface area contributed by atoms with Crippen LogP contribution in [0.1, 0.15) is 12.0 Å². The summed E-state index contributed by atoms with van der Waals surface area (Å²) in [6.07, 6.45) is 2.24. The monoisotopic (exact) mass is 314 g/mol. The van der Waals surface area contributed by atoms with Gasteiger partial charge in [-0.25, -0.2) is 0 Å². The fourth-order valence-corrected chi connectivity index (χ4v) is 3.42. The second-order valence-corrected chi connectivity index (χ2v) is 6.41. The quantitative estimate of drug-likeness (QED) is 0.930. The van der Waals surface area contributed by atoms with E-state index in [4.69, 9.17) is 5.73 Å². The van der Waals surface area contributed by atoms with Gasteiger partial charge in [-0.1, -0.05) is 22.0 Å². The molecule has 2 N–H and O–H groups in total. The highest BCUT2D eigenvalue weighted by molar-refractivity contribution is 9.10. The predicted octanol–water partition coefficient (Wildman–Crippen LogP) is 2.89. The van der Waals surface area contributed by atoms with Crippen molar-refractivity contribution in [3.05, 3.63) is 28.2 Å². The number of anilines is 1. The molecule has 2 rings (SSSR count). The topological polar surface area (TPSA) is 29.3 Å². The number of benzene rings is 1. The van der Waals surface area contributed by atoms with Crippen molar-refractivity contribution < 1.29 is 0 Å². The summed E-state index contributed by atoms with van der Waals surface area (Å²) in [5, 5.41) is 0. The van der Waals surface area contributed by atoms with E-state index in [0.717, 1.165) is 24.0 Å². The van der Waals surface area contributed by atoms with Crippen LogP contribution in [0.25, 0.3) is 0 Å². The van der Waals surface area contributed by atoms with Gasteiger partial charge >= 0.3 is 0 Å². The number of rotatable bonds is 3. The van der Waals surface area contributed by atoms with Crippen LogP contribution < -0.4 is 10.6 Å². The zero-order valence-corrected chi connectivity index (χ0v) is 12.4. The van der Waals surface area contributed by atoms with Gasteiger partial charge in [0.15, 0.2) is 0 Å². The molecule has 4 heteroatoms. The lowest BCUT2D eigenvalue weighted by atomic mass is 10.1. The second-order valence-electron chi connectivity index (χ2n) is 4.26. The molecule has 17 heavy (non-hydrogen) atoms. The molecule has 94 valence electrons.